The van der Waals surface area contributed by atoms with E-state index in [0.29, 0.717) is 0 Å². The molecule has 0 N–H and O–H groups in total. The van der Waals surface area contributed by atoms with Crippen LogP contribution in [0.1, 0.15) is 6.42 Å². The van der Waals surface area contributed by atoms with Gasteiger partial charge in [-0.05, 0) is 44.6 Å². The minimum atomic E-state index is 0.125. The van der Waals surface area contributed by atoms with Gasteiger partial charge in [-0.25, -0.2) is 0 Å². The Labute approximate surface area is 122 Å². The molecule has 0 saturated heterocycles. The van der Waals surface area contributed by atoms with Crippen molar-refractivity contribution in [1.82, 2.24) is 9.47 Å². The van der Waals surface area contributed by atoms with Gasteiger partial charge in [0, 0.05) is 11.9 Å². The van der Waals surface area contributed by atoms with Gasteiger partial charge in [0.05, 0.1) is 10.2 Å². The molecular weight excluding hydrogens is 268 g/mol. The van der Waals surface area contributed by atoms with Crippen molar-refractivity contribution in [2.24, 2.45) is 0 Å². The van der Waals surface area contributed by atoms with E-state index in [4.69, 9.17) is 0 Å². The monoisotopic (exact) mass is 286 g/mol. The Balaban J connectivity index is 2.18. The molecule has 0 aliphatic heterocycles. The maximum absolute atomic E-state index is 12.2. The number of benzene rings is 1. The first-order chi connectivity index (χ1) is 9.68. The molecule has 4 heteroatoms. The zero-order valence-electron chi connectivity index (χ0n) is 11.8. The summed E-state index contributed by atoms with van der Waals surface area (Å²) in [5, 5.41) is 3.08. The average Bonchev–Trinajstić information content (AvgIpc) is 2.75. The number of rotatable bonds is 4. The Morgan fingerprint density at radius 2 is 2.00 bits per heavy atom. The van der Waals surface area contributed by atoms with Crippen LogP contribution in [0.15, 0.2) is 40.5 Å². The highest BCUT2D eigenvalue weighted by atomic mass is 32.1. The summed E-state index contributed by atoms with van der Waals surface area (Å²) in [7, 11) is 4.15. The normalized spacial score (nSPS) is 11.8. The van der Waals surface area contributed by atoms with Crippen LogP contribution in [0.3, 0.4) is 0 Å². The summed E-state index contributed by atoms with van der Waals surface area (Å²) in [4.78, 5) is 14.4. The fourth-order valence-electron chi connectivity index (χ4n) is 2.66. The summed E-state index contributed by atoms with van der Waals surface area (Å²) >= 11 is 1.65. The number of hydrogen-bond acceptors (Lipinski definition) is 3. The van der Waals surface area contributed by atoms with E-state index < -0.39 is 0 Å². The fourth-order valence-corrected chi connectivity index (χ4v) is 3.61. The van der Waals surface area contributed by atoms with Gasteiger partial charge < -0.3 is 9.47 Å². The number of aryl methyl sites for hydroxylation is 1. The molecule has 0 saturated carbocycles. The van der Waals surface area contributed by atoms with Gasteiger partial charge in [-0.1, -0.05) is 18.2 Å². The first-order valence-corrected chi connectivity index (χ1v) is 7.70. The predicted molar refractivity (Wildman–Crippen MR) is 86.8 cm³/mol. The van der Waals surface area contributed by atoms with Gasteiger partial charge >= 0.3 is 0 Å². The summed E-state index contributed by atoms with van der Waals surface area (Å²) in [6.45, 7) is 1.91. The van der Waals surface area contributed by atoms with E-state index in [0.717, 1.165) is 29.7 Å². The quantitative estimate of drug-likeness (QED) is 0.736. The number of aromatic nitrogens is 1. The molecule has 0 amide bonds. The van der Waals surface area contributed by atoms with Crippen LogP contribution in [0.5, 0.6) is 0 Å². The highest BCUT2D eigenvalue weighted by Crippen LogP contribution is 2.29. The average molecular weight is 286 g/mol. The van der Waals surface area contributed by atoms with Crippen LogP contribution in [0, 0.1) is 0 Å². The van der Waals surface area contributed by atoms with Crippen molar-refractivity contribution in [3.8, 4) is 0 Å². The van der Waals surface area contributed by atoms with Crippen LogP contribution in [-0.2, 0) is 6.54 Å². The van der Waals surface area contributed by atoms with E-state index >= 15 is 0 Å². The predicted octanol–water partition coefficient (Wildman–Crippen LogP) is 3.17. The number of hydrogen-bond donors (Lipinski definition) is 0. The van der Waals surface area contributed by atoms with Crippen molar-refractivity contribution in [3.05, 3.63) is 45.9 Å². The second-order valence-electron chi connectivity index (χ2n) is 5.29. The second kappa shape index (κ2) is 5.38. The third kappa shape index (κ3) is 2.25. The van der Waals surface area contributed by atoms with Crippen LogP contribution in [0.4, 0.5) is 0 Å². The van der Waals surface area contributed by atoms with Gasteiger partial charge in [0.2, 0.25) is 5.43 Å². The third-order valence-corrected chi connectivity index (χ3v) is 4.47. The molecule has 2 aromatic heterocycles. The molecule has 0 bridgehead atoms. The topological polar surface area (TPSA) is 25.2 Å². The standard InChI is InChI=1S/C16H18N2OS/c1-17(2)9-5-10-18-13-7-4-3-6-12(13)16-15(18)14(19)8-11-20-16/h3-4,6-8,11H,5,9-10H2,1-2H3. The summed E-state index contributed by atoms with van der Waals surface area (Å²) < 4.78 is 3.30. The Bertz CT molecular complexity index is 801. The second-order valence-corrected chi connectivity index (χ2v) is 6.20. The van der Waals surface area contributed by atoms with Crippen LogP contribution in [0.25, 0.3) is 21.1 Å². The molecular formula is C16H18N2OS. The molecule has 3 nitrogen and oxygen atoms in total. The SMILES string of the molecule is CN(C)CCCn1c2ccccc2c2sccc(=O)c21. The van der Waals surface area contributed by atoms with E-state index in [1.54, 1.807) is 17.4 Å². The first-order valence-electron chi connectivity index (χ1n) is 6.82. The summed E-state index contributed by atoms with van der Waals surface area (Å²) in [5.41, 5.74) is 2.15. The van der Waals surface area contributed by atoms with Crippen molar-refractivity contribution in [1.29, 1.82) is 0 Å². The minimum Gasteiger partial charge on any atom is -0.337 e. The molecule has 0 unspecified atom stereocenters. The molecule has 0 radical (unpaired) electrons. The maximum atomic E-state index is 12.2. The highest BCUT2D eigenvalue weighted by molar-refractivity contribution is 7.17. The fraction of sp³-hybridized carbons (Fsp3) is 0.312. The van der Waals surface area contributed by atoms with Gasteiger partial charge in [-0.2, -0.15) is 0 Å². The van der Waals surface area contributed by atoms with Gasteiger partial charge in [-0.15, -0.1) is 11.3 Å². The molecule has 0 fully saturated rings. The van der Waals surface area contributed by atoms with Crippen LogP contribution < -0.4 is 5.43 Å². The molecule has 104 valence electrons. The van der Waals surface area contributed by atoms with Crippen molar-refractivity contribution < 1.29 is 0 Å². The maximum Gasteiger partial charge on any atom is 0.204 e. The van der Waals surface area contributed by atoms with Gasteiger partial charge in [0.15, 0.2) is 0 Å². The molecule has 0 atom stereocenters. The zero-order valence-corrected chi connectivity index (χ0v) is 12.6. The van der Waals surface area contributed by atoms with Crippen molar-refractivity contribution in [2.75, 3.05) is 20.6 Å². The van der Waals surface area contributed by atoms with Crippen molar-refractivity contribution in [3.63, 3.8) is 0 Å². The number of fused-ring (bicyclic) bond motifs is 3. The Kier molecular flexibility index (Phi) is 3.59. The van der Waals surface area contributed by atoms with Gasteiger partial charge in [0.1, 0.15) is 5.52 Å². The van der Waals surface area contributed by atoms with Crippen LogP contribution >= 0.6 is 11.3 Å². The first kappa shape index (κ1) is 13.3. The Hall–Kier alpha value is -1.65. The molecule has 0 spiro atoms. The lowest BCUT2D eigenvalue weighted by molar-refractivity contribution is 0.389. The summed E-state index contributed by atoms with van der Waals surface area (Å²) in [6, 6.07) is 9.97. The lowest BCUT2D eigenvalue weighted by atomic mass is 10.2. The number of nitrogens with zero attached hydrogens (tertiary/aromatic N) is 2. The summed E-state index contributed by atoms with van der Waals surface area (Å²) in [6.07, 6.45) is 1.04. The molecule has 3 rings (SSSR count). The van der Waals surface area contributed by atoms with Gasteiger partial charge in [-0.3, -0.25) is 4.79 Å². The molecule has 2 heterocycles. The lowest BCUT2D eigenvalue weighted by Crippen LogP contribution is -2.16. The largest absolute Gasteiger partial charge is 0.337 e. The lowest BCUT2D eigenvalue weighted by Gasteiger charge is -2.11. The zero-order chi connectivity index (χ0) is 14.1. The van der Waals surface area contributed by atoms with Crippen LogP contribution in [0.2, 0.25) is 0 Å². The van der Waals surface area contributed by atoms with E-state index in [1.807, 2.05) is 17.5 Å². The Morgan fingerprint density at radius 1 is 1.20 bits per heavy atom. The van der Waals surface area contributed by atoms with Crippen molar-refractivity contribution >= 4 is 32.5 Å². The highest BCUT2D eigenvalue weighted by Gasteiger charge is 2.12. The smallest absolute Gasteiger partial charge is 0.204 e. The van der Waals surface area contributed by atoms with Gasteiger partial charge in [0.25, 0.3) is 0 Å². The summed E-state index contributed by atoms with van der Waals surface area (Å²) in [5.74, 6) is 0. The molecule has 1 aromatic carbocycles. The molecule has 0 aliphatic rings. The molecule has 20 heavy (non-hydrogen) atoms. The third-order valence-electron chi connectivity index (χ3n) is 3.55. The van der Waals surface area contributed by atoms with Crippen molar-refractivity contribution in [2.45, 2.75) is 13.0 Å². The van der Waals surface area contributed by atoms with E-state index in [2.05, 4.69) is 35.7 Å². The van der Waals surface area contributed by atoms with E-state index in [-0.39, 0.29) is 5.43 Å². The van der Waals surface area contributed by atoms with E-state index in [9.17, 15) is 4.79 Å². The molecule has 3 aromatic rings. The Morgan fingerprint density at radius 3 is 2.80 bits per heavy atom. The number of para-hydroxylation sites is 1. The van der Waals surface area contributed by atoms with E-state index in [1.165, 1.54) is 10.9 Å². The minimum absolute atomic E-state index is 0.125. The molecule has 0 aliphatic carbocycles. The van der Waals surface area contributed by atoms with Crippen LogP contribution in [-0.4, -0.2) is 30.1 Å².